The molecule has 2 rings (SSSR count). The van der Waals surface area contributed by atoms with E-state index in [2.05, 4.69) is 26.0 Å². The SMILES string of the molecule is CCC(C)c1ccc(OC(C)OC2CCOCC2)cc1. The van der Waals surface area contributed by atoms with Gasteiger partial charge in [-0.1, -0.05) is 26.0 Å². The van der Waals surface area contributed by atoms with Crippen LogP contribution >= 0.6 is 0 Å². The van der Waals surface area contributed by atoms with Crippen LogP contribution < -0.4 is 4.74 Å². The molecule has 0 spiro atoms. The lowest BCUT2D eigenvalue weighted by molar-refractivity contribution is -0.133. The number of hydrogen-bond donors (Lipinski definition) is 0. The predicted molar refractivity (Wildman–Crippen MR) is 80.2 cm³/mol. The highest BCUT2D eigenvalue weighted by Gasteiger charge is 2.17. The maximum absolute atomic E-state index is 5.89. The summed E-state index contributed by atoms with van der Waals surface area (Å²) in [5, 5.41) is 0. The summed E-state index contributed by atoms with van der Waals surface area (Å²) in [7, 11) is 0. The quantitative estimate of drug-likeness (QED) is 0.733. The van der Waals surface area contributed by atoms with E-state index >= 15 is 0 Å². The summed E-state index contributed by atoms with van der Waals surface area (Å²) in [6.45, 7) is 7.99. The van der Waals surface area contributed by atoms with E-state index in [0.29, 0.717) is 5.92 Å². The Morgan fingerprint density at radius 3 is 2.40 bits per heavy atom. The molecule has 1 aliphatic rings. The molecule has 1 saturated heterocycles. The van der Waals surface area contributed by atoms with Crippen LogP contribution in [-0.2, 0) is 9.47 Å². The minimum absolute atomic E-state index is 0.215. The number of rotatable bonds is 6. The summed E-state index contributed by atoms with van der Waals surface area (Å²) < 4.78 is 17.0. The van der Waals surface area contributed by atoms with Crippen molar-refractivity contribution >= 4 is 0 Å². The fourth-order valence-electron chi connectivity index (χ4n) is 2.41. The van der Waals surface area contributed by atoms with Gasteiger partial charge in [0.15, 0.2) is 6.29 Å². The van der Waals surface area contributed by atoms with Crippen molar-refractivity contribution in [3.05, 3.63) is 29.8 Å². The van der Waals surface area contributed by atoms with Crippen LogP contribution in [0.15, 0.2) is 24.3 Å². The van der Waals surface area contributed by atoms with Crippen LogP contribution in [0, 0.1) is 0 Å². The molecule has 1 fully saturated rings. The third-order valence-electron chi connectivity index (χ3n) is 3.92. The lowest BCUT2D eigenvalue weighted by Crippen LogP contribution is -2.29. The molecule has 0 radical (unpaired) electrons. The molecule has 0 saturated carbocycles. The second-order valence-corrected chi connectivity index (χ2v) is 5.51. The molecule has 3 nitrogen and oxygen atoms in total. The normalized spacial score (nSPS) is 19.6. The first kappa shape index (κ1) is 15.3. The number of ether oxygens (including phenoxy) is 3. The second kappa shape index (κ2) is 7.65. The van der Waals surface area contributed by atoms with Gasteiger partial charge in [0.2, 0.25) is 0 Å². The van der Waals surface area contributed by atoms with Crippen molar-refractivity contribution in [3.8, 4) is 5.75 Å². The zero-order chi connectivity index (χ0) is 14.4. The number of benzene rings is 1. The van der Waals surface area contributed by atoms with Gasteiger partial charge in [0.05, 0.1) is 6.10 Å². The van der Waals surface area contributed by atoms with E-state index in [1.54, 1.807) is 0 Å². The molecule has 1 aromatic carbocycles. The van der Waals surface area contributed by atoms with Gasteiger partial charge in [-0.15, -0.1) is 0 Å². The third kappa shape index (κ3) is 4.50. The molecule has 1 aliphatic heterocycles. The largest absolute Gasteiger partial charge is 0.465 e. The van der Waals surface area contributed by atoms with Crippen molar-refractivity contribution in [3.63, 3.8) is 0 Å². The molecule has 0 aliphatic carbocycles. The topological polar surface area (TPSA) is 27.7 Å². The minimum Gasteiger partial charge on any atom is -0.465 e. The molecule has 0 bridgehead atoms. The molecule has 2 atom stereocenters. The summed E-state index contributed by atoms with van der Waals surface area (Å²) in [5.41, 5.74) is 1.36. The Morgan fingerprint density at radius 1 is 1.15 bits per heavy atom. The van der Waals surface area contributed by atoms with Gasteiger partial charge in [-0.2, -0.15) is 0 Å². The number of hydrogen-bond acceptors (Lipinski definition) is 3. The van der Waals surface area contributed by atoms with Gasteiger partial charge in [-0.05, 0) is 49.8 Å². The average Bonchev–Trinajstić information content (AvgIpc) is 2.48. The van der Waals surface area contributed by atoms with Crippen molar-refractivity contribution < 1.29 is 14.2 Å². The Bertz CT molecular complexity index is 382. The second-order valence-electron chi connectivity index (χ2n) is 5.51. The van der Waals surface area contributed by atoms with Gasteiger partial charge in [-0.25, -0.2) is 0 Å². The summed E-state index contributed by atoms with van der Waals surface area (Å²) >= 11 is 0. The Morgan fingerprint density at radius 2 is 1.80 bits per heavy atom. The van der Waals surface area contributed by atoms with Crippen molar-refractivity contribution in [2.45, 2.75) is 58.3 Å². The van der Waals surface area contributed by atoms with Crippen LogP contribution in [0.1, 0.15) is 51.5 Å². The Hall–Kier alpha value is -1.06. The Balaban J connectivity index is 1.82. The zero-order valence-corrected chi connectivity index (χ0v) is 12.8. The molecule has 112 valence electrons. The van der Waals surface area contributed by atoms with Crippen LogP contribution in [0.4, 0.5) is 0 Å². The first-order valence-electron chi connectivity index (χ1n) is 7.69. The van der Waals surface area contributed by atoms with E-state index in [1.807, 2.05) is 19.1 Å². The fraction of sp³-hybridized carbons (Fsp3) is 0.647. The van der Waals surface area contributed by atoms with E-state index in [0.717, 1.165) is 38.2 Å². The van der Waals surface area contributed by atoms with Crippen LogP contribution in [0.3, 0.4) is 0 Å². The lowest BCUT2D eigenvalue weighted by atomic mass is 9.99. The molecule has 1 aromatic rings. The predicted octanol–water partition coefficient (Wildman–Crippen LogP) is 4.12. The van der Waals surface area contributed by atoms with Gasteiger partial charge in [-0.3, -0.25) is 0 Å². The van der Waals surface area contributed by atoms with Crippen LogP contribution in [0.25, 0.3) is 0 Å². The third-order valence-corrected chi connectivity index (χ3v) is 3.92. The van der Waals surface area contributed by atoms with E-state index in [-0.39, 0.29) is 12.4 Å². The van der Waals surface area contributed by atoms with Crippen LogP contribution in [0.5, 0.6) is 5.75 Å². The molecule has 2 unspecified atom stereocenters. The molecular formula is C17H26O3. The standard InChI is InChI=1S/C17H26O3/c1-4-13(2)15-5-7-16(8-6-15)19-14(3)20-17-9-11-18-12-10-17/h5-8,13-14,17H,4,9-12H2,1-3H3. The van der Waals surface area contributed by atoms with Gasteiger partial charge < -0.3 is 14.2 Å². The van der Waals surface area contributed by atoms with E-state index in [1.165, 1.54) is 5.56 Å². The highest BCUT2D eigenvalue weighted by molar-refractivity contribution is 5.29. The molecule has 3 heteroatoms. The molecule has 20 heavy (non-hydrogen) atoms. The maximum atomic E-state index is 5.89. The molecule has 0 N–H and O–H groups in total. The first-order valence-corrected chi connectivity index (χ1v) is 7.69. The Labute approximate surface area is 122 Å². The van der Waals surface area contributed by atoms with Gasteiger partial charge in [0, 0.05) is 13.2 Å². The highest BCUT2D eigenvalue weighted by atomic mass is 16.7. The average molecular weight is 278 g/mol. The maximum Gasteiger partial charge on any atom is 0.197 e. The molecule has 1 heterocycles. The monoisotopic (exact) mass is 278 g/mol. The van der Waals surface area contributed by atoms with Crippen molar-refractivity contribution in [1.29, 1.82) is 0 Å². The van der Waals surface area contributed by atoms with E-state index in [4.69, 9.17) is 14.2 Å². The minimum atomic E-state index is -0.215. The highest BCUT2D eigenvalue weighted by Crippen LogP contribution is 2.22. The smallest absolute Gasteiger partial charge is 0.197 e. The van der Waals surface area contributed by atoms with E-state index in [9.17, 15) is 0 Å². The summed E-state index contributed by atoms with van der Waals surface area (Å²) in [6.07, 6.45) is 3.12. The zero-order valence-electron chi connectivity index (χ0n) is 12.8. The lowest BCUT2D eigenvalue weighted by Gasteiger charge is -2.26. The van der Waals surface area contributed by atoms with Crippen molar-refractivity contribution in [2.24, 2.45) is 0 Å². The van der Waals surface area contributed by atoms with Gasteiger partial charge in [0.25, 0.3) is 0 Å². The molecule has 0 amide bonds. The van der Waals surface area contributed by atoms with Crippen molar-refractivity contribution in [2.75, 3.05) is 13.2 Å². The molecular weight excluding hydrogens is 252 g/mol. The fourth-order valence-corrected chi connectivity index (χ4v) is 2.41. The Kier molecular flexibility index (Phi) is 5.86. The summed E-state index contributed by atoms with van der Waals surface area (Å²) in [4.78, 5) is 0. The van der Waals surface area contributed by atoms with Gasteiger partial charge in [0.1, 0.15) is 5.75 Å². The summed E-state index contributed by atoms with van der Waals surface area (Å²) in [6, 6.07) is 8.35. The molecule has 0 aromatic heterocycles. The van der Waals surface area contributed by atoms with Gasteiger partial charge >= 0.3 is 0 Å². The van der Waals surface area contributed by atoms with Crippen LogP contribution in [-0.4, -0.2) is 25.6 Å². The first-order chi connectivity index (χ1) is 9.69. The van der Waals surface area contributed by atoms with E-state index < -0.39 is 0 Å². The van der Waals surface area contributed by atoms with Crippen molar-refractivity contribution in [1.82, 2.24) is 0 Å². The van der Waals surface area contributed by atoms with Crippen LogP contribution in [0.2, 0.25) is 0 Å². The summed E-state index contributed by atoms with van der Waals surface area (Å²) in [5.74, 6) is 1.47.